The van der Waals surface area contributed by atoms with Crippen molar-refractivity contribution in [2.45, 2.75) is 0 Å². The summed E-state index contributed by atoms with van der Waals surface area (Å²) in [5.41, 5.74) is 1.95. The van der Waals surface area contributed by atoms with Crippen LogP contribution in [0.25, 0.3) is 22.6 Å². The lowest BCUT2D eigenvalue weighted by atomic mass is 10.1. The largest absolute Gasteiger partial charge is 0.496 e. The predicted octanol–water partition coefficient (Wildman–Crippen LogP) is 6.08. The fourth-order valence-electron chi connectivity index (χ4n) is 3.39. The maximum Gasteiger partial charge on any atom is 0.273 e. The number of carbonyl (C=O) groups is 2. The van der Waals surface area contributed by atoms with E-state index in [2.05, 4.69) is 52.8 Å². The number of hydrogen-bond donors (Lipinski definition) is 2. The molecule has 210 valence electrons. The summed E-state index contributed by atoms with van der Waals surface area (Å²) in [5.74, 6) is 3.11. The van der Waals surface area contributed by atoms with Gasteiger partial charge >= 0.3 is 0 Å². The van der Waals surface area contributed by atoms with Crippen molar-refractivity contribution in [3.05, 3.63) is 68.9 Å². The van der Waals surface area contributed by atoms with Gasteiger partial charge in [-0.2, -0.15) is 0 Å². The van der Waals surface area contributed by atoms with E-state index in [-0.39, 0.29) is 23.2 Å². The maximum atomic E-state index is 12.4. The van der Waals surface area contributed by atoms with Gasteiger partial charge < -0.3 is 29.2 Å². The minimum atomic E-state index is -0.311. The van der Waals surface area contributed by atoms with Gasteiger partial charge in [-0.1, -0.05) is 31.9 Å². The highest BCUT2D eigenvalue weighted by molar-refractivity contribution is 9.11. The molecule has 0 bridgehead atoms. The molecule has 0 aliphatic carbocycles. The van der Waals surface area contributed by atoms with E-state index in [1.807, 2.05) is 24.3 Å². The number of nitrogens with zero attached hydrogens (tertiary/aromatic N) is 2. The van der Waals surface area contributed by atoms with E-state index < -0.39 is 0 Å². The first kappa shape index (κ1) is 30.0. The number of aromatic nitrogens is 2. The number of nitrogens with one attached hydrogen (secondary N) is 2. The van der Waals surface area contributed by atoms with Gasteiger partial charge in [-0.25, -0.2) is 0 Å². The Bertz CT molecular complexity index is 1370. The van der Waals surface area contributed by atoms with Crippen LogP contribution in [0.15, 0.2) is 66.5 Å². The Morgan fingerprint density at radius 1 is 0.750 bits per heavy atom. The van der Waals surface area contributed by atoms with Crippen LogP contribution in [0.2, 0.25) is 0 Å². The summed E-state index contributed by atoms with van der Waals surface area (Å²) in [6.45, 7) is 0.921. The second kappa shape index (κ2) is 14.6. The Morgan fingerprint density at radius 2 is 1.18 bits per heavy atom. The molecule has 4 aromatic rings. The van der Waals surface area contributed by atoms with Crippen molar-refractivity contribution >= 4 is 65.3 Å². The second-order valence-electron chi connectivity index (χ2n) is 8.01. The van der Waals surface area contributed by atoms with E-state index in [9.17, 15) is 9.59 Å². The predicted molar refractivity (Wildman–Crippen MR) is 162 cm³/mol. The smallest absolute Gasteiger partial charge is 0.273 e. The first-order chi connectivity index (χ1) is 19.4. The molecule has 40 heavy (non-hydrogen) atoms. The minimum Gasteiger partial charge on any atom is -0.496 e. The first-order valence-corrected chi connectivity index (χ1v) is 15.9. The SMILES string of the molecule is COc1ccc(-c2cc(C(=O)NCCSSCCNC(=O)c3cc(-c4ccc(OC)c(Br)c4)on3)no2)cc1Br. The van der Waals surface area contributed by atoms with E-state index in [0.29, 0.717) is 47.6 Å². The van der Waals surface area contributed by atoms with Crippen molar-refractivity contribution in [1.82, 2.24) is 20.9 Å². The van der Waals surface area contributed by atoms with Crippen LogP contribution in [-0.4, -0.2) is 60.9 Å². The third-order valence-corrected chi connectivity index (χ3v) is 9.03. The van der Waals surface area contributed by atoms with Crippen LogP contribution >= 0.6 is 53.4 Å². The average molecular weight is 712 g/mol. The molecule has 0 saturated carbocycles. The molecule has 0 aliphatic heterocycles. The summed E-state index contributed by atoms with van der Waals surface area (Å²) < 4.78 is 22.7. The van der Waals surface area contributed by atoms with Gasteiger partial charge in [-0.05, 0) is 68.3 Å². The van der Waals surface area contributed by atoms with Crippen LogP contribution in [0.1, 0.15) is 21.0 Å². The van der Waals surface area contributed by atoms with E-state index >= 15 is 0 Å². The zero-order chi connectivity index (χ0) is 28.5. The summed E-state index contributed by atoms with van der Waals surface area (Å²) >= 11 is 6.87. The molecule has 0 unspecified atom stereocenters. The monoisotopic (exact) mass is 710 g/mol. The molecular weight excluding hydrogens is 688 g/mol. The third kappa shape index (κ3) is 7.83. The molecule has 2 aromatic heterocycles. The topological polar surface area (TPSA) is 129 Å². The number of amides is 2. The molecule has 0 fully saturated rings. The molecule has 0 atom stereocenters. The fourth-order valence-corrected chi connectivity index (χ4v) is 6.28. The Labute approximate surface area is 254 Å². The van der Waals surface area contributed by atoms with Crippen LogP contribution < -0.4 is 20.1 Å². The highest BCUT2D eigenvalue weighted by atomic mass is 79.9. The zero-order valence-electron chi connectivity index (χ0n) is 21.4. The van der Waals surface area contributed by atoms with Crippen LogP contribution in [0.4, 0.5) is 0 Å². The van der Waals surface area contributed by atoms with Crippen molar-refractivity contribution in [3.63, 3.8) is 0 Å². The summed E-state index contributed by atoms with van der Waals surface area (Å²) in [5, 5.41) is 13.4. The van der Waals surface area contributed by atoms with E-state index in [0.717, 1.165) is 20.1 Å². The number of ether oxygens (including phenoxy) is 2. The molecule has 0 radical (unpaired) electrons. The Morgan fingerprint density at radius 3 is 1.55 bits per heavy atom. The average Bonchev–Trinajstić information content (AvgIpc) is 3.65. The molecule has 4 rings (SSSR count). The first-order valence-electron chi connectivity index (χ1n) is 11.8. The van der Waals surface area contributed by atoms with Gasteiger partial charge in [0.1, 0.15) is 11.5 Å². The van der Waals surface area contributed by atoms with E-state index in [4.69, 9.17) is 18.5 Å². The number of benzene rings is 2. The van der Waals surface area contributed by atoms with Gasteiger partial charge in [-0.15, -0.1) is 0 Å². The normalized spacial score (nSPS) is 10.8. The van der Waals surface area contributed by atoms with Crippen molar-refractivity contribution in [3.8, 4) is 34.1 Å². The number of halogens is 2. The van der Waals surface area contributed by atoms with Gasteiger partial charge in [0.25, 0.3) is 11.8 Å². The summed E-state index contributed by atoms with van der Waals surface area (Å²) in [6, 6.07) is 14.1. The maximum absolute atomic E-state index is 12.4. The van der Waals surface area contributed by atoms with Crippen molar-refractivity contribution in [2.75, 3.05) is 38.8 Å². The fraction of sp³-hybridized carbons (Fsp3) is 0.231. The molecule has 2 amide bonds. The van der Waals surface area contributed by atoms with E-state index in [1.54, 1.807) is 60.1 Å². The molecule has 2 aromatic carbocycles. The second-order valence-corrected chi connectivity index (χ2v) is 12.4. The molecule has 2 N–H and O–H groups in total. The number of rotatable bonds is 13. The summed E-state index contributed by atoms with van der Waals surface area (Å²) in [6.07, 6.45) is 0. The molecular formula is C26H24Br2N4O6S2. The van der Waals surface area contributed by atoms with Gasteiger partial charge in [-0.3, -0.25) is 9.59 Å². The highest BCUT2D eigenvalue weighted by Crippen LogP contribution is 2.32. The van der Waals surface area contributed by atoms with Gasteiger partial charge in [0.15, 0.2) is 22.9 Å². The van der Waals surface area contributed by atoms with Gasteiger partial charge in [0, 0.05) is 47.9 Å². The van der Waals surface area contributed by atoms with E-state index in [1.165, 1.54) is 0 Å². The molecule has 0 spiro atoms. The van der Waals surface area contributed by atoms with Crippen LogP contribution in [-0.2, 0) is 0 Å². The van der Waals surface area contributed by atoms with Crippen LogP contribution in [0, 0.1) is 0 Å². The molecule has 10 nitrogen and oxygen atoms in total. The van der Waals surface area contributed by atoms with Gasteiger partial charge in [0.2, 0.25) is 0 Å². The zero-order valence-corrected chi connectivity index (χ0v) is 26.2. The molecule has 0 saturated heterocycles. The van der Waals surface area contributed by atoms with Crippen molar-refractivity contribution in [2.24, 2.45) is 0 Å². The lowest BCUT2D eigenvalue weighted by Crippen LogP contribution is -2.26. The van der Waals surface area contributed by atoms with Crippen molar-refractivity contribution < 1.29 is 28.1 Å². The highest BCUT2D eigenvalue weighted by Gasteiger charge is 2.16. The quantitative estimate of drug-likeness (QED) is 0.124. The Hall–Kier alpha value is -2.94. The Kier molecular flexibility index (Phi) is 11.0. The summed E-state index contributed by atoms with van der Waals surface area (Å²) in [7, 11) is 6.36. The molecule has 0 aliphatic rings. The molecule has 14 heteroatoms. The standard InChI is InChI=1S/C26H24Br2N4O6S2/c1-35-21-5-3-15(11-17(21)27)23-13-19(31-37-23)25(33)29-7-9-39-40-10-8-30-26(34)20-14-24(38-32-20)16-4-6-22(36-2)18(28)12-16/h3-6,11-14H,7-10H2,1-2H3,(H,29,33)(H,30,34). The lowest BCUT2D eigenvalue weighted by Gasteiger charge is -2.04. The number of methoxy groups -OCH3 is 2. The van der Waals surface area contributed by atoms with Crippen LogP contribution in [0.3, 0.4) is 0 Å². The number of hydrogen-bond acceptors (Lipinski definition) is 10. The van der Waals surface area contributed by atoms with Gasteiger partial charge in [0.05, 0.1) is 23.2 Å². The Balaban J connectivity index is 1.12. The summed E-state index contributed by atoms with van der Waals surface area (Å²) in [4.78, 5) is 24.8. The minimum absolute atomic E-state index is 0.206. The van der Waals surface area contributed by atoms with Crippen molar-refractivity contribution in [1.29, 1.82) is 0 Å². The third-order valence-electron chi connectivity index (χ3n) is 5.38. The number of carbonyl (C=O) groups excluding carboxylic acids is 2. The lowest BCUT2D eigenvalue weighted by molar-refractivity contribution is 0.0939. The van der Waals surface area contributed by atoms with Crippen LogP contribution in [0.5, 0.6) is 11.5 Å². The molecule has 2 heterocycles.